The summed E-state index contributed by atoms with van der Waals surface area (Å²) in [7, 11) is 0. The number of imide groups is 2. The van der Waals surface area contributed by atoms with E-state index in [0.717, 1.165) is 38.9 Å². The van der Waals surface area contributed by atoms with Crippen molar-refractivity contribution in [3.05, 3.63) is 107 Å². The van der Waals surface area contributed by atoms with Crippen molar-refractivity contribution in [2.75, 3.05) is 4.90 Å². The molecule has 1 N–H and O–H groups in total. The SMILES string of the molecule is CCC(C)c1ccc(N2C(=O)NC(=O)/C(=C\c3cn(Cc4ccccc4)c4ccccc34)C2=O)cc1. The van der Waals surface area contributed by atoms with Gasteiger partial charge in [-0.05, 0) is 47.7 Å². The maximum Gasteiger partial charge on any atom is 0.335 e. The summed E-state index contributed by atoms with van der Waals surface area (Å²) in [6.07, 6.45) is 4.50. The first-order valence-corrected chi connectivity index (χ1v) is 12.1. The minimum atomic E-state index is -0.745. The Bertz CT molecular complexity index is 1480. The number of nitrogens with one attached hydrogen (secondary N) is 1. The summed E-state index contributed by atoms with van der Waals surface area (Å²) in [5, 5.41) is 3.24. The van der Waals surface area contributed by atoms with Crippen LogP contribution in [0.15, 0.2) is 90.6 Å². The standard InChI is InChI=1S/C30H27N3O3/c1-3-20(2)22-13-15-24(16-14-22)33-29(35)26(28(34)31-30(33)36)17-23-19-32(18-21-9-5-4-6-10-21)27-12-8-7-11-25(23)27/h4-17,19-20H,3,18H2,1-2H3,(H,31,34,36)/b26-17+. The summed E-state index contributed by atoms with van der Waals surface area (Å²) in [6, 6.07) is 24.5. The van der Waals surface area contributed by atoms with Crippen LogP contribution < -0.4 is 10.2 Å². The predicted octanol–water partition coefficient (Wildman–Crippen LogP) is 5.87. The summed E-state index contributed by atoms with van der Waals surface area (Å²) in [5.74, 6) is -0.965. The van der Waals surface area contributed by atoms with E-state index in [9.17, 15) is 14.4 Å². The normalized spacial score (nSPS) is 16.0. The third kappa shape index (κ3) is 4.33. The van der Waals surface area contributed by atoms with Crippen LogP contribution in [-0.4, -0.2) is 22.4 Å². The number of para-hydroxylation sites is 1. The molecule has 5 rings (SSSR count). The number of hydrogen-bond donors (Lipinski definition) is 1. The molecule has 1 unspecified atom stereocenters. The third-order valence-electron chi connectivity index (χ3n) is 6.75. The predicted molar refractivity (Wildman–Crippen MR) is 142 cm³/mol. The van der Waals surface area contributed by atoms with E-state index in [-0.39, 0.29) is 5.57 Å². The Labute approximate surface area is 209 Å². The minimum absolute atomic E-state index is 0.0804. The van der Waals surface area contributed by atoms with Gasteiger partial charge in [-0.2, -0.15) is 0 Å². The van der Waals surface area contributed by atoms with Crippen molar-refractivity contribution in [1.29, 1.82) is 0 Å². The van der Waals surface area contributed by atoms with Gasteiger partial charge in [-0.1, -0.05) is 74.5 Å². The van der Waals surface area contributed by atoms with Crippen molar-refractivity contribution in [3.8, 4) is 0 Å². The molecule has 36 heavy (non-hydrogen) atoms. The number of rotatable bonds is 6. The van der Waals surface area contributed by atoms with E-state index in [2.05, 4.69) is 35.9 Å². The van der Waals surface area contributed by atoms with Crippen molar-refractivity contribution >= 4 is 40.5 Å². The molecular weight excluding hydrogens is 450 g/mol. The Hall–Kier alpha value is -4.45. The number of benzene rings is 3. The van der Waals surface area contributed by atoms with E-state index >= 15 is 0 Å². The third-order valence-corrected chi connectivity index (χ3v) is 6.75. The molecule has 1 aromatic heterocycles. The zero-order chi connectivity index (χ0) is 25.2. The van der Waals surface area contributed by atoms with Crippen LogP contribution in [0.4, 0.5) is 10.5 Å². The molecule has 1 fully saturated rings. The topological polar surface area (TPSA) is 71.4 Å². The highest BCUT2D eigenvalue weighted by atomic mass is 16.2. The number of aromatic nitrogens is 1. The largest absolute Gasteiger partial charge is 0.342 e. The number of urea groups is 1. The van der Waals surface area contributed by atoms with Crippen molar-refractivity contribution in [2.45, 2.75) is 32.7 Å². The molecule has 1 atom stereocenters. The van der Waals surface area contributed by atoms with Crippen LogP contribution in [0.1, 0.15) is 42.9 Å². The molecule has 3 aromatic carbocycles. The van der Waals surface area contributed by atoms with E-state index in [1.165, 1.54) is 0 Å². The van der Waals surface area contributed by atoms with Gasteiger partial charge < -0.3 is 4.57 Å². The Morgan fingerprint density at radius 2 is 1.58 bits per heavy atom. The fraction of sp³-hybridized carbons (Fsp3) is 0.167. The smallest absolute Gasteiger partial charge is 0.335 e. The van der Waals surface area contributed by atoms with Crippen molar-refractivity contribution in [3.63, 3.8) is 0 Å². The number of barbiturate groups is 1. The van der Waals surface area contributed by atoms with E-state index in [1.54, 1.807) is 18.2 Å². The summed E-state index contributed by atoms with van der Waals surface area (Å²) >= 11 is 0. The molecule has 1 saturated heterocycles. The molecule has 1 aliphatic rings. The zero-order valence-electron chi connectivity index (χ0n) is 20.3. The number of amides is 4. The first-order chi connectivity index (χ1) is 17.5. The fourth-order valence-electron chi connectivity index (χ4n) is 4.54. The van der Waals surface area contributed by atoms with E-state index in [4.69, 9.17) is 0 Å². The van der Waals surface area contributed by atoms with Crippen LogP contribution in [0, 0.1) is 0 Å². The van der Waals surface area contributed by atoms with Crippen LogP contribution in [0.2, 0.25) is 0 Å². The van der Waals surface area contributed by atoms with Gasteiger partial charge in [0.15, 0.2) is 0 Å². The lowest BCUT2D eigenvalue weighted by molar-refractivity contribution is -0.122. The number of carbonyl (C=O) groups excluding carboxylic acids is 3. The second kappa shape index (κ2) is 9.66. The minimum Gasteiger partial charge on any atom is -0.342 e. The highest BCUT2D eigenvalue weighted by Gasteiger charge is 2.37. The highest BCUT2D eigenvalue weighted by molar-refractivity contribution is 6.39. The molecule has 6 heteroatoms. The number of nitrogens with zero attached hydrogens (tertiary/aromatic N) is 2. The summed E-state index contributed by atoms with van der Waals surface area (Å²) in [5.41, 5.74) is 4.34. The molecular formula is C30H27N3O3. The molecule has 0 radical (unpaired) electrons. The number of fused-ring (bicyclic) bond motifs is 1. The van der Waals surface area contributed by atoms with Gasteiger partial charge in [-0.15, -0.1) is 0 Å². The highest BCUT2D eigenvalue weighted by Crippen LogP contribution is 2.28. The maximum absolute atomic E-state index is 13.4. The average Bonchev–Trinajstić information content (AvgIpc) is 3.24. The van der Waals surface area contributed by atoms with Crippen LogP contribution in [-0.2, 0) is 16.1 Å². The van der Waals surface area contributed by atoms with Crippen molar-refractivity contribution in [1.82, 2.24) is 9.88 Å². The molecule has 2 heterocycles. The maximum atomic E-state index is 13.4. The van der Waals surface area contributed by atoms with Crippen LogP contribution in [0.5, 0.6) is 0 Å². The molecule has 6 nitrogen and oxygen atoms in total. The number of hydrogen-bond acceptors (Lipinski definition) is 3. The molecule has 0 aliphatic carbocycles. The monoisotopic (exact) mass is 477 g/mol. The van der Waals surface area contributed by atoms with E-state index in [1.807, 2.05) is 60.8 Å². The Kier molecular flexibility index (Phi) is 6.25. The first-order valence-electron chi connectivity index (χ1n) is 12.1. The molecule has 0 spiro atoms. The average molecular weight is 478 g/mol. The lowest BCUT2D eigenvalue weighted by Crippen LogP contribution is -2.54. The summed E-state index contributed by atoms with van der Waals surface area (Å²) in [6.45, 7) is 4.89. The molecule has 4 aromatic rings. The van der Waals surface area contributed by atoms with Crippen molar-refractivity contribution < 1.29 is 14.4 Å². The van der Waals surface area contributed by atoms with Crippen LogP contribution in [0.3, 0.4) is 0 Å². The van der Waals surface area contributed by atoms with Gasteiger partial charge in [0.1, 0.15) is 5.57 Å². The molecule has 4 amide bonds. The molecule has 0 saturated carbocycles. The zero-order valence-corrected chi connectivity index (χ0v) is 20.3. The van der Waals surface area contributed by atoms with Gasteiger partial charge in [-0.3, -0.25) is 14.9 Å². The summed E-state index contributed by atoms with van der Waals surface area (Å²) in [4.78, 5) is 39.9. The number of anilines is 1. The Morgan fingerprint density at radius 3 is 2.31 bits per heavy atom. The lowest BCUT2D eigenvalue weighted by atomic mass is 9.98. The Balaban J connectivity index is 1.52. The molecule has 180 valence electrons. The van der Waals surface area contributed by atoms with E-state index < -0.39 is 17.8 Å². The van der Waals surface area contributed by atoms with Gasteiger partial charge in [0.2, 0.25) is 0 Å². The summed E-state index contributed by atoms with van der Waals surface area (Å²) < 4.78 is 2.10. The van der Waals surface area contributed by atoms with E-state index in [0.29, 0.717) is 18.2 Å². The molecule has 1 aliphatic heterocycles. The van der Waals surface area contributed by atoms with Gasteiger partial charge >= 0.3 is 6.03 Å². The first kappa shape index (κ1) is 23.3. The van der Waals surface area contributed by atoms with Gasteiger partial charge in [0, 0.05) is 29.2 Å². The fourth-order valence-corrected chi connectivity index (χ4v) is 4.54. The van der Waals surface area contributed by atoms with Gasteiger partial charge in [-0.25, -0.2) is 9.69 Å². The quantitative estimate of drug-likeness (QED) is 0.279. The van der Waals surface area contributed by atoms with Crippen LogP contribution >= 0.6 is 0 Å². The Morgan fingerprint density at radius 1 is 0.889 bits per heavy atom. The van der Waals surface area contributed by atoms with Gasteiger partial charge in [0.05, 0.1) is 5.69 Å². The lowest BCUT2D eigenvalue weighted by Gasteiger charge is -2.26. The van der Waals surface area contributed by atoms with Crippen molar-refractivity contribution in [2.24, 2.45) is 0 Å². The van der Waals surface area contributed by atoms with Gasteiger partial charge in [0.25, 0.3) is 11.8 Å². The molecule has 0 bridgehead atoms. The second-order valence-corrected chi connectivity index (χ2v) is 9.07. The second-order valence-electron chi connectivity index (χ2n) is 9.07. The van der Waals surface area contributed by atoms with Crippen LogP contribution in [0.25, 0.3) is 17.0 Å². The number of carbonyl (C=O) groups is 3.